The minimum atomic E-state index is -0.397. The molecule has 2 aromatic rings. The molecule has 1 aromatic carbocycles. The lowest BCUT2D eigenvalue weighted by atomic mass is 10.1. The maximum Gasteiger partial charge on any atom is 0.239 e. The molecule has 5 nitrogen and oxygen atoms in total. The molecule has 0 radical (unpaired) electrons. The fraction of sp³-hybridized carbons (Fsp3) is 0.286. The van der Waals surface area contributed by atoms with E-state index in [0.717, 1.165) is 18.7 Å². The molecule has 1 aromatic heterocycles. The highest BCUT2D eigenvalue weighted by Crippen LogP contribution is 2.12. The monoisotopic (exact) mass is 258 g/mol. The van der Waals surface area contributed by atoms with Gasteiger partial charge >= 0.3 is 0 Å². The van der Waals surface area contributed by atoms with Crippen LogP contribution < -0.4 is 11.1 Å². The molecule has 2 rings (SSSR count). The van der Waals surface area contributed by atoms with Crippen molar-refractivity contribution in [3.05, 3.63) is 47.8 Å². The number of rotatable bonds is 6. The lowest BCUT2D eigenvalue weighted by Crippen LogP contribution is -2.18. The van der Waals surface area contributed by atoms with Crippen LogP contribution in [0.3, 0.4) is 0 Å². The third-order valence-corrected chi connectivity index (χ3v) is 2.93. The Morgan fingerprint density at radius 1 is 1.37 bits per heavy atom. The summed E-state index contributed by atoms with van der Waals surface area (Å²) in [6.07, 6.45) is 4.48. The molecular formula is C14H18N4O. The topological polar surface area (TPSA) is 72.9 Å². The summed E-state index contributed by atoms with van der Waals surface area (Å²) in [6.45, 7) is 2.99. The van der Waals surface area contributed by atoms with E-state index in [1.54, 1.807) is 12.4 Å². The number of aromatic nitrogens is 2. The Labute approximate surface area is 112 Å². The van der Waals surface area contributed by atoms with Crippen LogP contribution in [0, 0.1) is 0 Å². The van der Waals surface area contributed by atoms with E-state index in [2.05, 4.69) is 29.5 Å². The summed E-state index contributed by atoms with van der Waals surface area (Å²) in [5.41, 5.74) is 8.60. The fourth-order valence-corrected chi connectivity index (χ4v) is 1.97. The van der Waals surface area contributed by atoms with Crippen molar-refractivity contribution in [3.8, 4) is 0 Å². The van der Waals surface area contributed by atoms with Crippen molar-refractivity contribution in [3.63, 3.8) is 0 Å². The molecule has 0 aliphatic carbocycles. The van der Waals surface area contributed by atoms with E-state index in [0.29, 0.717) is 0 Å². The molecule has 0 bridgehead atoms. The van der Waals surface area contributed by atoms with Crippen molar-refractivity contribution in [1.29, 1.82) is 0 Å². The Kier molecular flexibility index (Phi) is 4.18. The second-order valence-corrected chi connectivity index (χ2v) is 4.37. The number of nitrogens with one attached hydrogen (secondary N) is 1. The number of hydrogen-bond acceptors (Lipinski definition) is 3. The third kappa shape index (κ3) is 3.58. The molecule has 0 aliphatic heterocycles. The van der Waals surface area contributed by atoms with Gasteiger partial charge in [-0.25, -0.2) is 0 Å². The molecule has 19 heavy (non-hydrogen) atoms. The van der Waals surface area contributed by atoms with Gasteiger partial charge in [0.2, 0.25) is 5.91 Å². The summed E-state index contributed by atoms with van der Waals surface area (Å²) in [7, 11) is 0. The molecule has 100 valence electrons. The number of anilines is 1. The third-order valence-electron chi connectivity index (χ3n) is 2.93. The maximum absolute atomic E-state index is 10.8. The average Bonchev–Trinajstić information content (AvgIpc) is 2.83. The smallest absolute Gasteiger partial charge is 0.239 e. The Bertz CT molecular complexity index is 562. The largest absolute Gasteiger partial charge is 0.378 e. The molecule has 0 aliphatic rings. The van der Waals surface area contributed by atoms with E-state index >= 15 is 0 Å². The van der Waals surface area contributed by atoms with Gasteiger partial charge in [-0.15, -0.1) is 0 Å². The summed E-state index contributed by atoms with van der Waals surface area (Å²) < 4.78 is 1.52. The van der Waals surface area contributed by atoms with Gasteiger partial charge in [-0.2, -0.15) is 5.10 Å². The molecule has 0 saturated carbocycles. The van der Waals surface area contributed by atoms with Crippen molar-refractivity contribution >= 4 is 11.6 Å². The molecule has 0 fully saturated rings. The van der Waals surface area contributed by atoms with Gasteiger partial charge in [0.15, 0.2) is 0 Å². The van der Waals surface area contributed by atoms with Crippen molar-refractivity contribution in [2.45, 2.75) is 26.4 Å². The van der Waals surface area contributed by atoms with Gasteiger partial charge in [-0.1, -0.05) is 31.2 Å². The first-order chi connectivity index (χ1) is 9.19. The fourth-order valence-electron chi connectivity index (χ4n) is 1.97. The van der Waals surface area contributed by atoms with Gasteiger partial charge in [0.05, 0.1) is 11.9 Å². The number of carbonyl (C=O) groups excluding carboxylic acids is 1. The number of carbonyl (C=O) groups is 1. The second-order valence-electron chi connectivity index (χ2n) is 4.37. The van der Waals surface area contributed by atoms with Gasteiger partial charge in [0, 0.05) is 12.7 Å². The van der Waals surface area contributed by atoms with E-state index in [9.17, 15) is 4.79 Å². The van der Waals surface area contributed by atoms with Gasteiger partial charge in [-0.05, 0) is 17.5 Å². The van der Waals surface area contributed by atoms with E-state index in [-0.39, 0.29) is 6.54 Å². The Morgan fingerprint density at radius 2 is 2.11 bits per heavy atom. The van der Waals surface area contributed by atoms with Crippen LogP contribution in [0.2, 0.25) is 0 Å². The zero-order chi connectivity index (χ0) is 13.7. The van der Waals surface area contributed by atoms with Crippen molar-refractivity contribution < 1.29 is 4.79 Å². The van der Waals surface area contributed by atoms with Crippen molar-refractivity contribution in [1.82, 2.24) is 9.78 Å². The first-order valence-electron chi connectivity index (χ1n) is 6.30. The molecule has 0 spiro atoms. The highest BCUT2D eigenvalue weighted by atomic mass is 16.1. The summed E-state index contributed by atoms with van der Waals surface area (Å²) in [4.78, 5) is 10.8. The zero-order valence-electron chi connectivity index (χ0n) is 11.0. The summed E-state index contributed by atoms with van der Waals surface area (Å²) >= 11 is 0. The number of nitrogens with two attached hydrogens (primary N) is 1. The molecule has 0 saturated heterocycles. The minimum absolute atomic E-state index is 0.104. The van der Waals surface area contributed by atoms with Crippen LogP contribution in [-0.2, 0) is 24.3 Å². The Hall–Kier alpha value is -2.30. The molecule has 1 amide bonds. The van der Waals surface area contributed by atoms with Crippen LogP contribution >= 0.6 is 0 Å². The maximum atomic E-state index is 10.8. The lowest BCUT2D eigenvalue weighted by molar-refractivity contribution is -0.118. The van der Waals surface area contributed by atoms with E-state index in [4.69, 9.17) is 5.73 Å². The van der Waals surface area contributed by atoms with Crippen LogP contribution in [0.5, 0.6) is 0 Å². The minimum Gasteiger partial charge on any atom is -0.378 e. The predicted octanol–water partition coefficient (Wildman–Crippen LogP) is 1.54. The molecule has 3 N–H and O–H groups in total. The highest BCUT2D eigenvalue weighted by molar-refractivity contribution is 5.73. The summed E-state index contributed by atoms with van der Waals surface area (Å²) in [5, 5.41) is 7.36. The number of amides is 1. The Balaban J connectivity index is 1.98. The van der Waals surface area contributed by atoms with Gasteiger partial charge in [0.25, 0.3) is 0 Å². The molecular weight excluding hydrogens is 240 g/mol. The van der Waals surface area contributed by atoms with Crippen LogP contribution in [0.15, 0.2) is 36.7 Å². The number of aryl methyl sites for hydroxylation is 1. The van der Waals surface area contributed by atoms with E-state index < -0.39 is 5.91 Å². The van der Waals surface area contributed by atoms with Crippen LogP contribution in [-0.4, -0.2) is 15.7 Å². The molecule has 5 heteroatoms. The molecule has 0 unspecified atom stereocenters. The summed E-state index contributed by atoms with van der Waals surface area (Å²) in [6, 6.07) is 8.33. The van der Waals surface area contributed by atoms with Gasteiger partial charge in [-0.3, -0.25) is 9.48 Å². The number of nitrogens with zero attached hydrogens (tertiary/aromatic N) is 2. The molecule has 1 heterocycles. The quantitative estimate of drug-likeness (QED) is 0.825. The first kappa shape index (κ1) is 13.1. The zero-order valence-corrected chi connectivity index (χ0v) is 11.0. The highest BCUT2D eigenvalue weighted by Gasteiger charge is 2.03. The van der Waals surface area contributed by atoms with Crippen molar-refractivity contribution in [2.75, 3.05) is 5.32 Å². The summed E-state index contributed by atoms with van der Waals surface area (Å²) in [5.74, 6) is -0.397. The standard InChI is InChI=1S/C14H18N4O/c1-2-11-5-3-4-6-12(11)7-16-13-8-17-18(9-13)10-14(15)19/h3-6,8-9,16H,2,7,10H2,1H3,(H2,15,19). The average molecular weight is 258 g/mol. The number of benzene rings is 1. The van der Waals surface area contributed by atoms with Gasteiger partial charge in [0.1, 0.15) is 6.54 Å². The van der Waals surface area contributed by atoms with Crippen LogP contribution in [0.4, 0.5) is 5.69 Å². The normalized spacial score (nSPS) is 10.4. The van der Waals surface area contributed by atoms with Crippen LogP contribution in [0.25, 0.3) is 0 Å². The van der Waals surface area contributed by atoms with Gasteiger partial charge < -0.3 is 11.1 Å². The van der Waals surface area contributed by atoms with Crippen LogP contribution in [0.1, 0.15) is 18.1 Å². The number of hydrogen-bond donors (Lipinski definition) is 2. The Morgan fingerprint density at radius 3 is 2.79 bits per heavy atom. The lowest BCUT2D eigenvalue weighted by Gasteiger charge is -2.08. The molecule has 0 atom stereocenters. The van der Waals surface area contributed by atoms with E-state index in [1.165, 1.54) is 15.8 Å². The SMILES string of the molecule is CCc1ccccc1CNc1cnn(CC(N)=O)c1. The number of primary amides is 1. The predicted molar refractivity (Wildman–Crippen MR) is 74.6 cm³/mol. The van der Waals surface area contributed by atoms with E-state index in [1.807, 2.05) is 12.1 Å². The van der Waals surface area contributed by atoms with Crippen molar-refractivity contribution in [2.24, 2.45) is 5.73 Å². The first-order valence-corrected chi connectivity index (χ1v) is 6.30. The second kappa shape index (κ2) is 6.04.